The van der Waals surface area contributed by atoms with E-state index in [-0.39, 0.29) is 11.5 Å². The van der Waals surface area contributed by atoms with Gasteiger partial charge in [-0.3, -0.25) is 9.20 Å². The van der Waals surface area contributed by atoms with Crippen molar-refractivity contribution < 1.29 is 0 Å². The van der Waals surface area contributed by atoms with Gasteiger partial charge in [0, 0.05) is 5.69 Å². The zero-order chi connectivity index (χ0) is 12.7. The molecule has 0 aliphatic rings. The maximum atomic E-state index is 11.9. The van der Waals surface area contributed by atoms with Crippen LogP contribution in [0.1, 0.15) is 50.8 Å². The highest BCUT2D eigenvalue weighted by atomic mass is 16.1. The lowest BCUT2D eigenvalue weighted by Crippen LogP contribution is -2.17. The predicted molar refractivity (Wildman–Crippen MR) is 68.4 cm³/mol. The molecular formula is C12H18N4O. The quantitative estimate of drug-likeness (QED) is 0.832. The third kappa shape index (κ3) is 1.71. The SMILES string of the molecule is CC(C)c1cc(C(C)C)n2c(N)n[nH]c(=O)c12. The molecule has 2 aromatic heterocycles. The van der Waals surface area contributed by atoms with E-state index in [2.05, 4.69) is 44.0 Å². The number of aromatic amines is 1. The second-order valence-corrected chi connectivity index (χ2v) is 4.93. The summed E-state index contributed by atoms with van der Waals surface area (Å²) >= 11 is 0. The van der Waals surface area contributed by atoms with E-state index in [9.17, 15) is 4.79 Å². The van der Waals surface area contributed by atoms with Crippen LogP contribution in [0, 0.1) is 0 Å². The Morgan fingerprint density at radius 2 is 1.94 bits per heavy atom. The predicted octanol–water partition coefficient (Wildman–Crippen LogP) is 1.85. The second-order valence-electron chi connectivity index (χ2n) is 4.93. The molecular weight excluding hydrogens is 216 g/mol. The van der Waals surface area contributed by atoms with E-state index in [4.69, 9.17) is 5.73 Å². The van der Waals surface area contributed by atoms with Crippen molar-refractivity contribution in [1.82, 2.24) is 14.6 Å². The highest BCUT2D eigenvalue weighted by molar-refractivity contribution is 5.60. The van der Waals surface area contributed by atoms with Crippen LogP contribution < -0.4 is 11.3 Å². The topological polar surface area (TPSA) is 76.2 Å². The number of hydrogen-bond donors (Lipinski definition) is 2. The van der Waals surface area contributed by atoms with E-state index in [1.54, 1.807) is 4.40 Å². The van der Waals surface area contributed by atoms with Gasteiger partial charge in [0.25, 0.3) is 5.56 Å². The van der Waals surface area contributed by atoms with Crippen LogP contribution in [0.3, 0.4) is 0 Å². The Kier molecular flexibility index (Phi) is 2.69. The lowest BCUT2D eigenvalue weighted by molar-refractivity contribution is 0.794. The number of nitrogens with zero attached hydrogens (tertiary/aromatic N) is 2. The highest BCUT2D eigenvalue weighted by Gasteiger charge is 2.18. The summed E-state index contributed by atoms with van der Waals surface area (Å²) in [5.74, 6) is 0.900. The van der Waals surface area contributed by atoms with Gasteiger partial charge < -0.3 is 5.73 Å². The maximum absolute atomic E-state index is 11.9. The number of nitrogens with two attached hydrogens (primary N) is 1. The summed E-state index contributed by atoms with van der Waals surface area (Å²) in [6, 6.07) is 2.05. The van der Waals surface area contributed by atoms with Crippen molar-refractivity contribution in [3.8, 4) is 0 Å². The molecule has 0 amide bonds. The van der Waals surface area contributed by atoms with Crippen molar-refractivity contribution in [3.05, 3.63) is 27.7 Å². The number of nitrogen functional groups attached to an aromatic ring is 1. The Labute approximate surface area is 99.6 Å². The van der Waals surface area contributed by atoms with Crippen LogP contribution in [0.5, 0.6) is 0 Å². The normalized spacial score (nSPS) is 11.9. The van der Waals surface area contributed by atoms with Gasteiger partial charge in [0.05, 0.1) is 0 Å². The first-order valence-electron chi connectivity index (χ1n) is 5.82. The summed E-state index contributed by atoms with van der Waals surface area (Å²) in [4.78, 5) is 11.9. The van der Waals surface area contributed by atoms with E-state index >= 15 is 0 Å². The smallest absolute Gasteiger partial charge is 0.288 e. The van der Waals surface area contributed by atoms with Crippen molar-refractivity contribution in [2.45, 2.75) is 39.5 Å². The molecule has 3 N–H and O–H groups in total. The van der Waals surface area contributed by atoms with Gasteiger partial charge in [0.1, 0.15) is 5.52 Å². The number of fused-ring (bicyclic) bond motifs is 1. The number of hydrogen-bond acceptors (Lipinski definition) is 3. The van der Waals surface area contributed by atoms with Gasteiger partial charge in [0.2, 0.25) is 5.95 Å². The number of H-pyrrole nitrogens is 1. The highest BCUT2D eigenvalue weighted by Crippen LogP contribution is 2.27. The second kappa shape index (κ2) is 3.91. The van der Waals surface area contributed by atoms with Crippen LogP contribution in [0.15, 0.2) is 10.9 Å². The Morgan fingerprint density at radius 1 is 1.29 bits per heavy atom. The minimum Gasteiger partial charge on any atom is -0.368 e. The fourth-order valence-corrected chi connectivity index (χ4v) is 2.11. The molecule has 0 unspecified atom stereocenters. The molecule has 0 radical (unpaired) electrons. The van der Waals surface area contributed by atoms with Crippen molar-refractivity contribution in [1.29, 1.82) is 0 Å². The summed E-state index contributed by atoms with van der Waals surface area (Å²) in [5, 5.41) is 6.26. The van der Waals surface area contributed by atoms with E-state index in [0.29, 0.717) is 17.4 Å². The summed E-state index contributed by atoms with van der Waals surface area (Å²) < 4.78 is 1.76. The largest absolute Gasteiger partial charge is 0.368 e. The summed E-state index contributed by atoms with van der Waals surface area (Å²) in [6.45, 7) is 8.28. The molecule has 2 rings (SSSR count). The Morgan fingerprint density at radius 3 is 2.47 bits per heavy atom. The number of nitrogens with one attached hydrogen (secondary N) is 1. The van der Waals surface area contributed by atoms with Crippen molar-refractivity contribution in [2.24, 2.45) is 0 Å². The molecule has 0 fully saturated rings. The molecule has 2 aromatic rings. The monoisotopic (exact) mass is 234 g/mol. The lowest BCUT2D eigenvalue weighted by Gasteiger charge is -2.07. The molecule has 0 atom stereocenters. The lowest BCUT2D eigenvalue weighted by atomic mass is 10.0. The van der Waals surface area contributed by atoms with Crippen LogP contribution in [-0.2, 0) is 0 Å². The van der Waals surface area contributed by atoms with Crippen LogP contribution in [0.25, 0.3) is 5.52 Å². The Hall–Kier alpha value is -1.78. The minimum atomic E-state index is -0.185. The minimum absolute atomic E-state index is 0.185. The average Bonchev–Trinajstić information content (AvgIpc) is 2.64. The van der Waals surface area contributed by atoms with Gasteiger partial charge >= 0.3 is 0 Å². The van der Waals surface area contributed by atoms with Crippen LogP contribution in [0.4, 0.5) is 5.95 Å². The Bertz CT molecular complexity index is 607. The van der Waals surface area contributed by atoms with Crippen molar-refractivity contribution in [3.63, 3.8) is 0 Å². The average molecular weight is 234 g/mol. The third-order valence-electron chi connectivity index (χ3n) is 2.99. The molecule has 92 valence electrons. The molecule has 17 heavy (non-hydrogen) atoms. The zero-order valence-electron chi connectivity index (χ0n) is 10.6. The maximum Gasteiger partial charge on any atom is 0.288 e. The number of aromatic nitrogens is 3. The van der Waals surface area contributed by atoms with Gasteiger partial charge in [0.15, 0.2) is 0 Å². The summed E-state index contributed by atoms with van der Waals surface area (Å²) in [5.41, 5.74) is 8.34. The van der Waals surface area contributed by atoms with Gasteiger partial charge in [-0.05, 0) is 23.5 Å². The fourth-order valence-electron chi connectivity index (χ4n) is 2.11. The van der Waals surface area contributed by atoms with Gasteiger partial charge in [-0.15, -0.1) is 5.10 Å². The summed E-state index contributed by atoms with van der Waals surface area (Å²) in [6.07, 6.45) is 0. The summed E-state index contributed by atoms with van der Waals surface area (Å²) in [7, 11) is 0. The van der Waals surface area contributed by atoms with E-state index in [1.807, 2.05) is 0 Å². The molecule has 0 aliphatic heterocycles. The van der Waals surface area contributed by atoms with E-state index in [1.165, 1.54) is 0 Å². The van der Waals surface area contributed by atoms with Crippen molar-refractivity contribution >= 4 is 11.5 Å². The Balaban J connectivity index is 2.96. The first kappa shape index (κ1) is 11.7. The first-order chi connectivity index (χ1) is 7.93. The third-order valence-corrected chi connectivity index (χ3v) is 2.99. The van der Waals surface area contributed by atoms with E-state index < -0.39 is 0 Å². The molecule has 0 aromatic carbocycles. The first-order valence-corrected chi connectivity index (χ1v) is 5.82. The van der Waals surface area contributed by atoms with Crippen LogP contribution in [0.2, 0.25) is 0 Å². The number of anilines is 1. The van der Waals surface area contributed by atoms with Gasteiger partial charge in [-0.25, -0.2) is 5.10 Å². The molecule has 5 heteroatoms. The molecule has 0 saturated heterocycles. The molecule has 0 spiro atoms. The molecule has 5 nitrogen and oxygen atoms in total. The van der Waals surface area contributed by atoms with Crippen LogP contribution >= 0.6 is 0 Å². The molecule has 0 bridgehead atoms. The van der Waals surface area contributed by atoms with Gasteiger partial charge in [-0.2, -0.15) is 0 Å². The van der Waals surface area contributed by atoms with E-state index in [0.717, 1.165) is 11.3 Å². The molecule has 0 saturated carbocycles. The zero-order valence-corrected chi connectivity index (χ0v) is 10.6. The van der Waals surface area contributed by atoms with Gasteiger partial charge in [-0.1, -0.05) is 27.7 Å². The molecule has 2 heterocycles. The van der Waals surface area contributed by atoms with Crippen LogP contribution in [-0.4, -0.2) is 14.6 Å². The number of rotatable bonds is 2. The van der Waals surface area contributed by atoms with Crippen molar-refractivity contribution in [2.75, 3.05) is 5.73 Å². The molecule has 0 aliphatic carbocycles. The standard InChI is InChI=1S/C12H18N4O/c1-6(2)8-5-9(7(3)4)16-10(8)11(17)14-15-12(16)13/h5-7H,1-4H3,(H2,13,15)(H,14,17). The fraction of sp³-hybridized carbons (Fsp3) is 0.500.